The number of nitrogens with zero attached hydrogens (tertiary/aromatic N) is 9. The lowest BCUT2D eigenvalue weighted by Gasteiger charge is -2.14. The van der Waals surface area contributed by atoms with Crippen molar-refractivity contribution in [3.8, 4) is 56.3 Å². The fourth-order valence-corrected chi connectivity index (χ4v) is 17.3. The molecule has 10 aromatic carbocycles. The van der Waals surface area contributed by atoms with E-state index in [1.165, 1.54) is 111 Å². The highest BCUT2D eigenvalue weighted by Crippen LogP contribution is 2.41. The molecule has 0 unspecified atom stereocenters. The number of hydrogen-bond acceptors (Lipinski definition) is 5. The Morgan fingerprint density at radius 2 is 0.850 bits per heavy atom. The van der Waals surface area contributed by atoms with Gasteiger partial charge in [0.05, 0.1) is 53.8 Å². The van der Waals surface area contributed by atoms with Crippen LogP contribution in [0.4, 0.5) is 8.78 Å². The molecule has 610 valence electrons. The van der Waals surface area contributed by atoms with Crippen LogP contribution in [0.1, 0.15) is 148 Å². The normalized spacial score (nSPS) is 11.5. The van der Waals surface area contributed by atoms with Crippen molar-refractivity contribution < 1.29 is 36.0 Å². The van der Waals surface area contributed by atoms with Crippen LogP contribution in [0.25, 0.3) is 133 Å². The molecule has 0 radical (unpaired) electrons. The molecule has 120 heavy (non-hydrogen) atoms. The van der Waals surface area contributed by atoms with Crippen LogP contribution in [-0.4, -0.2) is 19.9 Å². The van der Waals surface area contributed by atoms with E-state index in [-0.39, 0.29) is 11.6 Å². The molecule has 0 aliphatic rings. The van der Waals surface area contributed by atoms with Gasteiger partial charge in [0.1, 0.15) is 42.8 Å². The Bertz CT molecular complexity index is 6870. The van der Waals surface area contributed by atoms with E-state index in [4.69, 9.17) is 4.42 Å². The monoisotopic (exact) mass is 1590 g/mol. The van der Waals surface area contributed by atoms with Gasteiger partial charge < -0.3 is 4.42 Å². The van der Waals surface area contributed by atoms with Crippen LogP contribution in [0.5, 0.6) is 0 Å². The highest BCUT2D eigenvalue weighted by molar-refractivity contribution is 6.09. The third kappa shape index (κ3) is 17.2. The highest BCUT2D eigenvalue weighted by atomic mass is 19.1. The van der Waals surface area contributed by atoms with Gasteiger partial charge in [-0.3, -0.25) is 0 Å². The number of rotatable bonds is 10. The molecule has 7 aromatic heterocycles. The summed E-state index contributed by atoms with van der Waals surface area (Å²) in [6, 6.07) is 62.5. The minimum atomic E-state index is -0.114. The number of benzene rings is 10. The van der Waals surface area contributed by atoms with Gasteiger partial charge in [-0.05, 0) is 329 Å². The fraction of sp³-hybridized carbons (Fsp3) is 0.287. The van der Waals surface area contributed by atoms with Crippen LogP contribution >= 0.6 is 0 Å². The molecule has 0 atom stereocenters. The molecule has 0 saturated carbocycles. The first-order chi connectivity index (χ1) is 57.1. The van der Waals surface area contributed by atoms with Crippen LogP contribution < -0.4 is 22.8 Å². The quantitative estimate of drug-likeness (QED) is 0.127. The zero-order valence-electron chi connectivity index (χ0n) is 75.4. The van der Waals surface area contributed by atoms with E-state index in [1.54, 1.807) is 0 Å². The minimum absolute atomic E-state index is 0.110. The molecule has 12 heteroatoms. The lowest BCUT2D eigenvalue weighted by Crippen LogP contribution is -2.32. The van der Waals surface area contributed by atoms with Crippen LogP contribution in [0.2, 0.25) is 0 Å². The SMILES string of the molecule is Cc1cc(-c2c3ccc(CC(C)C)cc3nc[n+]2C)c(C)c(C)c1F.Cc1cc(-c2c3ccccc3nc[n+]2C)c(C)c(C)c1F.Cc1cc(C)c(C)c(-c2c3cc(C(C)C)ccc3cc[n+]2C)c1.Cc1cc(C)c(C)c(-c2c3ccccc3nc[n+]2C)c1.Cc1ccc2c(n1)oc1c(-c3ccc4c(CC(C)C)cccc4[n+]3C)c(C)c(C)cc12. The van der Waals surface area contributed by atoms with E-state index in [2.05, 4.69) is 297 Å². The number of para-hydroxylation sites is 2. The number of hydrogen-bond donors (Lipinski definition) is 0. The van der Waals surface area contributed by atoms with Crippen molar-refractivity contribution in [2.24, 2.45) is 47.1 Å². The second kappa shape index (κ2) is 35.4. The second-order valence-electron chi connectivity index (χ2n) is 34.7. The van der Waals surface area contributed by atoms with E-state index in [1.807, 2.05) is 127 Å². The lowest BCUT2D eigenvalue weighted by atomic mass is 9.92. The van der Waals surface area contributed by atoms with E-state index < -0.39 is 0 Å². The van der Waals surface area contributed by atoms with Gasteiger partial charge in [-0.2, -0.15) is 4.57 Å². The molecular formula is C108H118F2N9O+5. The molecule has 0 fully saturated rings. The molecular weight excluding hydrogens is 1480 g/mol. The Morgan fingerprint density at radius 3 is 1.38 bits per heavy atom. The number of fused-ring (bicyclic) bond motifs is 8. The highest BCUT2D eigenvalue weighted by Gasteiger charge is 2.28. The molecule has 0 spiro atoms. The third-order valence-electron chi connectivity index (χ3n) is 24.4. The summed E-state index contributed by atoms with van der Waals surface area (Å²) in [5.74, 6) is 1.55. The van der Waals surface area contributed by atoms with Crippen LogP contribution in [0.15, 0.2) is 206 Å². The molecule has 0 bridgehead atoms. The Kier molecular flexibility index (Phi) is 25.3. The molecule has 0 amide bonds. The van der Waals surface area contributed by atoms with Gasteiger partial charge >= 0.3 is 0 Å². The van der Waals surface area contributed by atoms with E-state index in [9.17, 15) is 8.78 Å². The maximum absolute atomic E-state index is 14.3. The molecule has 17 aromatic rings. The molecule has 0 N–H and O–H groups in total. The first kappa shape index (κ1) is 85.7. The van der Waals surface area contributed by atoms with Gasteiger partial charge in [0.25, 0.3) is 19.0 Å². The van der Waals surface area contributed by atoms with Gasteiger partial charge in [0.15, 0.2) is 28.3 Å². The molecule has 0 aliphatic carbocycles. The van der Waals surface area contributed by atoms with Crippen molar-refractivity contribution in [1.82, 2.24) is 19.9 Å². The van der Waals surface area contributed by atoms with Crippen molar-refractivity contribution in [3.63, 3.8) is 0 Å². The van der Waals surface area contributed by atoms with E-state index in [0.717, 1.165) is 113 Å². The number of aryl methyl sites for hydroxylation is 13. The fourth-order valence-electron chi connectivity index (χ4n) is 17.3. The molecule has 10 nitrogen and oxygen atoms in total. The standard InChI is InChI=1S/C28H29N2O.C22H26FN2.C22H26N.C18H18FN2.C18H19N2/c1-16(2)14-20-8-7-9-24-21(20)12-13-25(30(24)6)26-19(5)17(3)15-23-22-11-10-18(4)29-28(22)31-27(23)26;1-13(2)9-17-7-8-18-20(11-17)24-12-25(6)22(18)19-10-14(3)21(23)16(5)15(19)4;1-14(2)19-8-7-18-9-10-23(6)22(21(18)13-19)20-12-15(3)11-16(4)17(20)5;1-11-9-15(12(2)13(3)17(11)19)18-14-7-5-6-8-16(14)20-10-21(18)4;1-12-9-13(2)14(3)16(10-12)18-15-7-5-6-8-17(15)19-11-20(18)4/h7-13,15-16H,14H2,1-6H3;7-8,10-13H,9H2,1-6H3;7-14H,1-6H3;5-10H,1-4H3;5-11H,1-4H3/q5*+1. The molecule has 0 aliphatic heterocycles. The van der Waals surface area contributed by atoms with Crippen molar-refractivity contribution in [2.75, 3.05) is 0 Å². The average molecular weight is 1600 g/mol. The van der Waals surface area contributed by atoms with Gasteiger partial charge in [0, 0.05) is 56.7 Å². The summed E-state index contributed by atoms with van der Waals surface area (Å²) in [5.41, 5.74) is 38.0. The minimum Gasteiger partial charge on any atom is -0.437 e. The van der Waals surface area contributed by atoms with Gasteiger partial charge in [-0.25, -0.2) is 32.0 Å². The summed E-state index contributed by atoms with van der Waals surface area (Å²) < 4.78 is 45.4. The zero-order chi connectivity index (χ0) is 86.3. The number of furan rings is 1. The third-order valence-corrected chi connectivity index (χ3v) is 24.4. The Hall–Kier alpha value is -12.2. The van der Waals surface area contributed by atoms with Crippen LogP contribution in [-0.2, 0) is 48.1 Å². The van der Waals surface area contributed by atoms with Gasteiger partial charge in [0.2, 0.25) is 22.6 Å². The largest absolute Gasteiger partial charge is 0.437 e. The number of pyridine rings is 3. The Morgan fingerprint density at radius 1 is 0.367 bits per heavy atom. The van der Waals surface area contributed by atoms with Crippen molar-refractivity contribution in [2.45, 2.75) is 164 Å². The predicted octanol–water partition coefficient (Wildman–Crippen LogP) is 24.6. The van der Waals surface area contributed by atoms with Gasteiger partial charge in [-0.1, -0.05) is 119 Å². The maximum atomic E-state index is 14.3. The predicted molar refractivity (Wildman–Crippen MR) is 493 cm³/mol. The van der Waals surface area contributed by atoms with Crippen molar-refractivity contribution in [3.05, 3.63) is 313 Å². The average Bonchev–Trinajstić information content (AvgIpc) is 1.54. The maximum Gasteiger partial charge on any atom is 0.287 e. The first-order valence-corrected chi connectivity index (χ1v) is 42.2. The van der Waals surface area contributed by atoms with Crippen molar-refractivity contribution >= 4 is 76.5 Å². The lowest BCUT2D eigenvalue weighted by molar-refractivity contribution is -0.662. The molecule has 17 rings (SSSR count). The summed E-state index contributed by atoms with van der Waals surface area (Å²) in [6.45, 7) is 44.3. The van der Waals surface area contributed by atoms with Crippen LogP contribution in [0.3, 0.4) is 0 Å². The summed E-state index contributed by atoms with van der Waals surface area (Å²) in [6.07, 6.45) is 9.86. The van der Waals surface area contributed by atoms with Gasteiger partial charge in [-0.15, -0.1) is 0 Å². The first-order valence-electron chi connectivity index (χ1n) is 42.2. The summed E-state index contributed by atoms with van der Waals surface area (Å²) >= 11 is 0. The molecule has 0 saturated heterocycles. The Balaban J connectivity index is 0.000000131. The van der Waals surface area contributed by atoms with Crippen LogP contribution in [0, 0.1) is 127 Å². The van der Waals surface area contributed by atoms with Crippen molar-refractivity contribution in [1.29, 1.82) is 0 Å². The topological polar surface area (TPSA) is 84.1 Å². The number of halogens is 2. The summed E-state index contributed by atoms with van der Waals surface area (Å²) in [7, 11) is 10.3. The smallest absolute Gasteiger partial charge is 0.287 e. The molecule has 7 heterocycles. The number of aromatic nitrogens is 9. The Labute approximate surface area is 708 Å². The zero-order valence-corrected chi connectivity index (χ0v) is 75.4. The summed E-state index contributed by atoms with van der Waals surface area (Å²) in [5, 5.41) is 9.57. The van der Waals surface area contributed by atoms with E-state index >= 15 is 0 Å². The van der Waals surface area contributed by atoms with E-state index in [0.29, 0.717) is 40.2 Å². The second-order valence-corrected chi connectivity index (χ2v) is 34.7. The summed E-state index contributed by atoms with van der Waals surface area (Å²) in [4.78, 5) is 18.2.